The summed E-state index contributed by atoms with van der Waals surface area (Å²) in [6.45, 7) is 2.00. The molecular formula is C22H27FN4OS. The number of aliphatic imine (C=N–C) groups is 1. The molecule has 0 bridgehead atoms. The molecule has 154 valence electrons. The number of thioether (sulfide) groups is 1. The fourth-order valence-electron chi connectivity index (χ4n) is 4.62. The van der Waals surface area contributed by atoms with Crippen LogP contribution in [-0.2, 0) is 5.54 Å². The van der Waals surface area contributed by atoms with Crippen LogP contribution < -0.4 is 15.8 Å². The van der Waals surface area contributed by atoms with Gasteiger partial charge < -0.3 is 15.8 Å². The van der Waals surface area contributed by atoms with E-state index in [1.54, 1.807) is 31.1 Å². The third-order valence-electron chi connectivity index (χ3n) is 5.91. The zero-order chi connectivity index (χ0) is 20.5. The minimum Gasteiger partial charge on any atom is -0.493 e. The second-order valence-corrected chi connectivity index (χ2v) is 9.61. The lowest BCUT2D eigenvalue weighted by Crippen LogP contribution is -2.43. The van der Waals surface area contributed by atoms with E-state index in [4.69, 9.17) is 15.5 Å². The molecule has 7 heteroatoms. The summed E-state index contributed by atoms with van der Waals surface area (Å²) >= 11 is 1.69. The average Bonchev–Trinajstić information content (AvgIpc) is 2.69. The zero-order valence-corrected chi connectivity index (χ0v) is 17.7. The van der Waals surface area contributed by atoms with Crippen LogP contribution in [0.4, 0.5) is 15.9 Å². The number of amidine groups is 1. The van der Waals surface area contributed by atoms with Crippen molar-refractivity contribution in [1.82, 2.24) is 4.98 Å². The molecule has 0 radical (unpaired) electrons. The molecule has 1 aliphatic carbocycles. The lowest BCUT2D eigenvalue weighted by atomic mass is 9.76. The van der Waals surface area contributed by atoms with Crippen molar-refractivity contribution in [3.05, 3.63) is 47.9 Å². The lowest BCUT2D eigenvalue weighted by molar-refractivity contribution is 0.297. The summed E-state index contributed by atoms with van der Waals surface area (Å²) in [7, 11) is 1.60. The van der Waals surface area contributed by atoms with Gasteiger partial charge in [-0.05, 0) is 56.5 Å². The predicted octanol–water partition coefficient (Wildman–Crippen LogP) is 5.34. The van der Waals surface area contributed by atoms with E-state index in [1.165, 1.54) is 25.3 Å². The molecule has 1 atom stereocenters. The van der Waals surface area contributed by atoms with Crippen molar-refractivity contribution in [2.75, 3.05) is 12.4 Å². The molecule has 3 N–H and O–H groups in total. The quantitative estimate of drug-likeness (QED) is 0.706. The Balaban J connectivity index is 1.69. The average molecular weight is 415 g/mol. The molecule has 0 amide bonds. The van der Waals surface area contributed by atoms with Crippen LogP contribution in [-0.4, -0.2) is 22.0 Å². The summed E-state index contributed by atoms with van der Waals surface area (Å²) in [5.41, 5.74) is 6.86. The van der Waals surface area contributed by atoms with Crippen molar-refractivity contribution < 1.29 is 9.13 Å². The summed E-state index contributed by atoms with van der Waals surface area (Å²) in [5, 5.41) is 3.80. The van der Waals surface area contributed by atoms with Crippen LogP contribution in [0, 0.1) is 5.82 Å². The third-order valence-corrected chi connectivity index (χ3v) is 7.20. The van der Waals surface area contributed by atoms with Gasteiger partial charge in [-0.1, -0.05) is 31.0 Å². The minimum atomic E-state index is -0.692. The number of nitrogens with one attached hydrogen (secondary N) is 1. The topological polar surface area (TPSA) is 72.5 Å². The maximum atomic E-state index is 15.0. The summed E-state index contributed by atoms with van der Waals surface area (Å²) in [6, 6.07) is 8.66. The Bertz CT molecular complexity index is 929. The Hall–Kier alpha value is -2.28. The van der Waals surface area contributed by atoms with E-state index in [0.29, 0.717) is 22.3 Å². The molecule has 1 spiro atoms. The van der Waals surface area contributed by atoms with E-state index >= 15 is 0 Å². The molecule has 1 fully saturated rings. The first-order valence-electron chi connectivity index (χ1n) is 10.0. The first-order valence-corrected chi connectivity index (χ1v) is 10.9. The van der Waals surface area contributed by atoms with E-state index in [9.17, 15) is 4.39 Å². The van der Waals surface area contributed by atoms with Crippen molar-refractivity contribution in [3.63, 3.8) is 0 Å². The highest BCUT2D eigenvalue weighted by molar-refractivity contribution is 8.15. The molecule has 1 aliphatic heterocycles. The number of aromatic nitrogens is 1. The van der Waals surface area contributed by atoms with Gasteiger partial charge in [-0.3, -0.25) is 4.99 Å². The number of benzene rings is 1. The molecule has 1 aromatic heterocycles. The second kappa shape index (κ2) is 7.86. The van der Waals surface area contributed by atoms with Gasteiger partial charge in [-0.15, -0.1) is 0 Å². The molecule has 1 aromatic carbocycles. The number of nitrogens with zero attached hydrogens (tertiary/aromatic N) is 2. The van der Waals surface area contributed by atoms with Crippen LogP contribution in [0.1, 0.15) is 51.0 Å². The van der Waals surface area contributed by atoms with E-state index in [2.05, 4.69) is 10.3 Å². The fourth-order valence-corrected chi connectivity index (χ4v) is 6.16. The Morgan fingerprint density at radius 3 is 2.76 bits per heavy atom. The van der Waals surface area contributed by atoms with Gasteiger partial charge >= 0.3 is 0 Å². The SMILES string of the molecule is COc1cccnc1Nc1ccc(F)c([C@]2(C)CC3(CCCCC3)SC(N)=N2)c1. The van der Waals surface area contributed by atoms with Gasteiger partial charge in [0.1, 0.15) is 5.82 Å². The van der Waals surface area contributed by atoms with Crippen molar-refractivity contribution in [2.45, 2.75) is 55.7 Å². The highest BCUT2D eigenvalue weighted by Gasteiger charge is 2.46. The largest absolute Gasteiger partial charge is 0.493 e. The molecule has 0 saturated heterocycles. The number of hydrogen-bond donors (Lipinski definition) is 2. The highest BCUT2D eigenvalue weighted by atomic mass is 32.2. The van der Waals surface area contributed by atoms with Crippen LogP contribution in [0.5, 0.6) is 5.75 Å². The summed E-state index contributed by atoms with van der Waals surface area (Å²) in [4.78, 5) is 9.05. The van der Waals surface area contributed by atoms with Crippen LogP contribution in [0.15, 0.2) is 41.5 Å². The van der Waals surface area contributed by atoms with E-state index < -0.39 is 5.54 Å². The monoisotopic (exact) mass is 414 g/mol. The molecule has 5 nitrogen and oxygen atoms in total. The number of methoxy groups -OCH3 is 1. The molecule has 2 aromatic rings. The van der Waals surface area contributed by atoms with Crippen molar-refractivity contribution in [1.29, 1.82) is 0 Å². The summed E-state index contributed by atoms with van der Waals surface area (Å²) in [5.74, 6) is 0.950. The summed E-state index contributed by atoms with van der Waals surface area (Å²) in [6.07, 6.45) is 8.34. The molecule has 2 heterocycles. The Morgan fingerprint density at radius 2 is 2.00 bits per heavy atom. The predicted molar refractivity (Wildman–Crippen MR) is 117 cm³/mol. The van der Waals surface area contributed by atoms with Gasteiger partial charge in [0.05, 0.1) is 12.6 Å². The molecule has 2 aliphatic rings. The van der Waals surface area contributed by atoms with Crippen LogP contribution in [0.3, 0.4) is 0 Å². The lowest BCUT2D eigenvalue weighted by Gasteiger charge is -2.45. The van der Waals surface area contributed by atoms with Crippen LogP contribution >= 0.6 is 11.8 Å². The van der Waals surface area contributed by atoms with Gasteiger partial charge in [0, 0.05) is 22.2 Å². The van der Waals surface area contributed by atoms with E-state index in [0.717, 1.165) is 24.9 Å². The zero-order valence-electron chi connectivity index (χ0n) is 16.9. The van der Waals surface area contributed by atoms with Crippen molar-refractivity contribution in [2.24, 2.45) is 10.7 Å². The Kier molecular flexibility index (Phi) is 5.42. The molecule has 1 saturated carbocycles. The molecule has 29 heavy (non-hydrogen) atoms. The van der Waals surface area contributed by atoms with Gasteiger partial charge in [-0.25, -0.2) is 9.37 Å². The van der Waals surface area contributed by atoms with Crippen LogP contribution in [0.25, 0.3) is 0 Å². The maximum absolute atomic E-state index is 15.0. The normalized spacial score (nSPS) is 23.5. The molecule has 4 rings (SSSR count). The highest BCUT2D eigenvalue weighted by Crippen LogP contribution is 2.52. The Labute approximate surface area is 175 Å². The number of ether oxygens (including phenoxy) is 1. The van der Waals surface area contributed by atoms with E-state index in [1.807, 2.05) is 25.1 Å². The van der Waals surface area contributed by atoms with Crippen molar-refractivity contribution in [3.8, 4) is 5.75 Å². The maximum Gasteiger partial charge on any atom is 0.173 e. The number of rotatable bonds is 4. The first kappa shape index (κ1) is 20.0. The van der Waals surface area contributed by atoms with Gasteiger partial charge in [0.25, 0.3) is 0 Å². The molecule has 0 unspecified atom stereocenters. The van der Waals surface area contributed by atoms with Gasteiger partial charge in [-0.2, -0.15) is 0 Å². The first-order chi connectivity index (χ1) is 13.9. The number of nitrogens with two attached hydrogens (primary N) is 1. The second-order valence-electron chi connectivity index (χ2n) is 8.12. The number of anilines is 2. The smallest absolute Gasteiger partial charge is 0.173 e. The standard InChI is InChI=1S/C22H27FN4OS/c1-21(14-22(29-20(24)27-21)10-4-3-5-11-22)16-13-15(8-9-17(16)23)26-19-18(28-2)7-6-12-25-19/h6-9,12-13H,3-5,10-11,14H2,1-2H3,(H2,24,27)(H,25,26)/t21-/m0/s1. The number of hydrogen-bond acceptors (Lipinski definition) is 6. The number of pyridine rings is 1. The van der Waals surface area contributed by atoms with Gasteiger partial charge in [0.2, 0.25) is 0 Å². The van der Waals surface area contributed by atoms with E-state index in [-0.39, 0.29) is 10.6 Å². The summed E-state index contributed by atoms with van der Waals surface area (Å²) < 4.78 is 20.4. The number of halogens is 1. The van der Waals surface area contributed by atoms with Gasteiger partial charge in [0.15, 0.2) is 16.7 Å². The van der Waals surface area contributed by atoms with Crippen molar-refractivity contribution >= 4 is 28.4 Å². The molecular weight excluding hydrogens is 387 g/mol. The minimum absolute atomic E-state index is 0.0545. The third kappa shape index (κ3) is 4.06. The Morgan fingerprint density at radius 1 is 1.21 bits per heavy atom. The fraction of sp³-hybridized carbons (Fsp3) is 0.455. The van der Waals surface area contributed by atoms with Crippen LogP contribution in [0.2, 0.25) is 0 Å².